The Hall–Kier alpha value is -2.66. The highest BCUT2D eigenvalue weighted by atomic mass is 32.1. The number of ether oxygens (including phenoxy) is 1. The zero-order valence-corrected chi connectivity index (χ0v) is 25.1. The van der Waals surface area contributed by atoms with E-state index in [9.17, 15) is 4.79 Å². The van der Waals surface area contributed by atoms with Gasteiger partial charge in [0.1, 0.15) is 5.75 Å². The molecule has 0 saturated heterocycles. The number of hydrogen-bond donors (Lipinski definition) is 0. The van der Waals surface area contributed by atoms with Crippen LogP contribution in [0, 0.1) is 0 Å². The van der Waals surface area contributed by atoms with Gasteiger partial charge in [0.2, 0.25) is 11.4 Å². The van der Waals surface area contributed by atoms with E-state index in [1.54, 1.807) is 11.3 Å². The molecule has 0 aliphatic heterocycles. The summed E-state index contributed by atoms with van der Waals surface area (Å²) in [6.07, 6.45) is 18.8. The molecule has 2 aromatic carbocycles. The summed E-state index contributed by atoms with van der Waals surface area (Å²) in [5.74, 6) is 1.03. The van der Waals surface area contributed by atoms with Crippen LogP contribution in [0.15, 0.2) is 65.6 Å². The fraction of sp³-hybridized carbons (Fsp3) is 0.529. The van der Waals surface area contributed by atoms with Crippen molar-refractivity contribution < 1.29 is 14.1 Å². The molecule has 0 unspecified atom stereocenters. The topological polar surface area (TPSA) is 33.4 Å². The molecule has 39 heavy (non-hydrogen) atoms. The zero-order valence-electron chi connectivity index (χ0n) is 24.3. The summed E-state index contributed by atoms with van der Waals surface area (Å²) < 4.78 is 8.15. The second-order valence-corrected chi connectivity index (χ2v) is 11.3. The van der Waals surface area contributed by atoms with Crippen molar-refractivity contribution in [3.63, 3.8) is 0 Å². The number of rotatable bonds is 20. The molecule has 4 nitrogen and oxygen atoms in total. The van der Waals surface area contributed by atoms with Crippen molar-refractivity contribution in [1.29, 1.82) is 0 Å². The summed E-state index contributed by atoms with van der Waals surface area (Å²) in [5.41, 5.74) is 5.34. The maximum absolute atomic E-state index is 12.9. The van der Waals surface area contributed by atoms with E-state index in [2.05, 4.69) is 52.8 Å². The Bertz CT molecular complexity index is 1050. The lowest BCUT2D eigenvalue weighted by molar-refractivity contribution is -0.683. The Morgan fingerprint density at radius 1 is 0.821 bits per heavy atom. The first-order valence-electron chi connectivity index (χ1n) is 15.2. The molecule has 0 saturated carbocycles. The molecule has 3 rings (SSSR count). The SMILES string of the molecule is CCCCCCCCCCCCCCOc1ccc(CN(C(=O)CC)c2cccc(C[n+]3ccsc3)c2)cc1. The van der Waals surface area contributed by atoms with Crippen LogP contribution in [-0.2, 0) is 17.9 Å². The number of thiazole rings is 1. The van der Waals surface area contributed by atoms with Gasteiger partial charge < -0.3 is 9.64 Å². The van der Waals surface area contributed by atoms with E-state index in [4.69, 9.17) is 4.74 Å². The van der Waals surface area contributed by atoms with Crippen molar-refractivity contribution in [3.05, 3.63) is 76.7 Å². The minimum atomic E-state index is 0.127. The van der Waals surface area contributed by atoms with E-state index < -0.39 is 0 Å². The van der Waals surface area contributed by atoms with Gasteiger partial charge in [0.15, 0.2) is 12.7 Å². The predicted molar refractivity (Wildman–Crippen MR) is 165 cm³/mol. The standard InChI is InChI=1S/C34H49N2O2S/c1-3-5-6-7-8-9-10-11-12-13-14-15-24-38-33-21-19-30(20-22-33)28-36(34(37)4-2)32-18-16-17-31(26-32)27-35-23-25-39-29-35/h16-23,25-26,29H,3-15,24,27-28H2,1-2H3/q+1. The van der Waals surface area contributed by atoms with Crippen LogP contribution in [0.2, 0.25) is 0 Å². The third kappa shape index (κ3) is 11.9. The van der Waals surface area contributed by atoms with Gasteiger partial charge in [-0.3, -0.25) is 4.79 Å². The summed E-state index contributed by atoms with van der Waals surface area (Å²) in [7, 11) is 0. The molecule has 1 amide bonds. The number of hydrogen-bond acceptors (Lipinski definition) is 3. The number of carbonyl (C=O) groups is 1. The van der Waals surface area contributed by atoms with Crippen LogP contribution in [0.4, 0.5) is 5.69 Å². The Balaban J connectivity index is 1.37. The minimum Gasteiger partial charge on any atom is -0.494 e. The van der Waals surface area contributed by atoms with Crippen molar-refractivity contribution in [2.45, 2.75) is 110 Å². The molecule has 0 fully saturated rings. The van der Waals surface area contributed by atoms with Crippen LogP contribution in [0.5, 0.6) is 5.75 Å². The largest absolute Gasteiger partial charge is 0.494 e. The van der Waals surface area contributed by atoms with E-state index in [0.717, 1.165) is 36.6 Å². The van der Waals surface area contributed by atoms with E-state index in [-0.39, 0.29) is 5.91 Å². The van der Waals surface area contributed by atoms with Crippen LogP contribution < -0.4 is 14.2 Å². The van der Waals surface area contributed by atoms with Crippen LogP contribution in [-0.4, -0.2) is 12.5 Å². The van der Waals surface area contributed by atoms with Gasteiger partial charge in [0.25, 0.3) is 0 Å². The van der Waals surface area contributed by atoms with Crippen molar-refractivity contribution in [3.8, 4) is 5.75 Å². The number of carbonyl (C=O) groups excluding carboxylic acids is 1. The summed E-state index contributed by atoms with van der Waals surface area (Å²) in [6, 6.07) is 16.6. The number of anilines is 1. The molecular weight excluding hydrogens is 500 g/mol. The highest BCUT2D eigenvalue weighted by molar-refractivity contribution is 7.07. The van der Waals surface area contributed by atoms with Gasteiger partial charge in [0.05, 0.1) is 18.5 Å². The lowest BCUT2D eigenvalue weighted by Gasteiger charge is -2.23. The second kappa shape index (κ2) is 18.6. The van der Waals surface area contributed by atoms with E-state index in [0.29, 0.717) is 13.0 Å². The Morgan fingerprint density at radius 3 is 2.10 bits per heavy atom. The normalized spacial score (nSPS) is 11.0. The van der Waals surface area contributed by atoms with Crippen LogP contribution >= 0.6 is 11.3 Å². The lowest BCUT2D eigenvalue weighted by atomic mass is 10.1. The molecule has 1 aromatic heterocycles. The summed E-state index contributed by atoms with van der Waals surface area (Å²) in [5, 5.41) is 2.07. The van der Waals surface area contributed by atoms with Crippen molar-refractivity contribution in [2.75, 3.05) is 11.5 Å². The molecule has 0 N–H and O–H groups in total. The first-order valence-corrected chi connectivity index (χ1v) is 16.2. The molecule has 3 aromatic rings. The van der Waals surface area contributed by atoms with Crippen molar-refractivity contribution in [2.24, 2.45) is 0 Å². The molecule has 0 aliphatic carbocycles. The fourth-order valence-electron chi connectivity index (χ4n) is 4.91. The van der Waals surface area contributed by atoms with Gasteiger partial charge in [-0.1, -0.05) is 120 Å². The highest BCUT2D eigenvalue weighted by Gasteiger charge is 2.16. The summed E-state index contributed by atoms with van der Waals surface area (Å²) in [4.78, 5) is 14.8. The van der Waals surface area contributed by atoms with Crippen LogP contribution in [0.3, 0.4) is 0 Å². The summed E-state index contributed by atoms with van der Waals surface area (Å²) in [6.45, 7) is 6.33. The van der Waals surface area contributed by atoms with E-state index >= 15 is 0 Å². The maximum Gasteiger partial charge on any atom is 0.227 e. The van der Waals surface area contributed by atoms with Crippen molar-refractivity contribution >= 4 is 22.9 Å². The smallest absolute Gasteiger partial charge is 0.227 e. The minimum absolute atomic E-state index is 0.127. The molecule has 0 bridgehead atoms. The third-order valence-electron chi connectivity index (χ3n) is 7.25. The number of benzene rings is 2. The van der Waals surface area contributed by atoms with E-state index in [1.807, 2.05) is 36.1 Å². The Labute approximate surface area is 241 Å². The Morgan fingerprint density at radius 2 is 1.49 bits per heavy atom. The molecule has 0 atom stereocenters. The maximum atomic E-state index is 12.9. The average Bonchev–Trinajstić information content (AvgIpc) is 3.47. The van der Waals surface area contributed by atoms with E-state index in [1.165, 1.54) is 76.2 Å². The first-order chi connectivity index (χ1) is 19.2. The van der Waals surface area contributed by atoms with Gasteiger partial charge >= 0.3 is 0 Å². The second-order valence-electron chi connectivity index (χ2n) is 10.6. The van der Waals surface area contributed by atoms with Gasteiger partial charge in [0, 0.05) is 17.7 Å². The van der Waals surface area contributed by atoms with Gasteiger partial charge in [-0.05, 0) is 36.2 Å². The zero-order chi connectivity index (χ0) is 27.5. The molecule has 212 valence electrons. The highest BCUT2D eigenvalue weighted by Crippen LogP contribution is 2.22. The lowest BCUT2D eigenvalue weighted by Crippen LogP contribution is -2.32. The molecule has 5 heteroatoms. The van der Waals surface area contributed by atoms with Crippen LogP contribution in [0.1, 0.15) is 108 Å². The Kier molecular flexibility index (Phi) is 14.7. The van der Waals surface area contributed by atoms with Gasteiger partial charge in [-0.2, -0.15) is 4.57 Å². The van der Waals surface area contributed by atoms with Gasteiger partial charge in [-0.25, -0.2) is 0 Å². The molecule has 0 spiro atoms. The van der Waals surface area contributed by atoms with Gasteiger partial charge in [-0.15, -0.1) is 0 Å². The fourth-order valence-corrected chi connectivity index (χ4v) is 5.50. The quantitative estimate of drug-likeness (QED) is 0.104. The molecule has 0 radical (unpaired) electrons. The number of amides is 1. The molecule has 0 aliphatic rings. The monoisotopic (exact) mass is 549 g/mol. The van der Waals surface area contributed by atoms with Crippen molar-refractivity contribution in [1.82, 2.24) is 0 Å². The first kappa shape index (κ1) is 30.9. The average molecular weight is 550 g/mol. The number of aromatic nitrogens is 1. The predicted octanol–water partition coefficient (Wildman–Crippen LogP) is 9.11. The third-order valence-corrected chi connectivity index (χ3v) is 7.92. The number of nitrogens with zero attached hydrogens (tertiary/aromatic N) is 2. The molecule has 1 heterocycles. The number of unbranched alkanes of at least 4 members (excludes halogenated alkanes) is 11. The summed E-state index contributed by atoms with van der Waals surface area (Å²) >= 11 is 1.68. The van der Waals surface area contributed by atoms with Crippen LogP contribution in [0.25, 0.3) is 0 Å². The molecular formula is C34H49N2O2S+.